The van der Waals surface area contributed by atoms with Crippen LogP contribution in [0.4, 0.5) is 33.5 Å². The Morgan fingerprint density at radius 2 is 1.69 bits per heavy atom. The maximum Gasteiger partial charge on any atom is 0.416 e. The molecule has 3 aromatic carbocycles. The molecule has 9 nitrogen and oxygen atoms in total. The Hall–Kier alpha value is -4.50. The summed E-state index contributed by atoms with van der Waals surface area (Å²) in [4.78, 5) is 9.14. The summed E-state index contributed by atoms with van der Waals surface area (Å²) in [5.74, 6) is -1.69. The van der Waals surface area contributed by atoms with Gasteiger partial charge in [0.05, 0.1) is 31.2 Å². The number of alkyl halides is 3. The molecule has 0 unspecified atom stereocenters. The molecule has 1 N–H and O–H groups in total. The van der Waals surface area contributed by atoms with Crippen LogP contribution in [0.3, 0.4) is 0 Å². The summed E-state index contributed by atoms with van der Waals surface area (Å²) in [6.45, 7) is -0.296. The minimum atomic E-state index is -4.60. The SMILES string of the molecule is COc1ccc(CN(c2ccncn2)S(=O)(=O)c2cc(F)c(N[C@H]3CC[C@H](c4cccc(C(F)(F)F)c4)C[C@@H]3N(C)C)c(F)c2)c(OC)c1. The van der Waals surface area contributed by atoms with Crippen molar-refractivity contribution in [3.63, 3.8) is 0 Å². The van der Waals surface area contributed by atoms with Gasteiger partial charge in [0, 0.05) is 36.0 Å². The Morgan fingerprint density at radius 3 is 2.31 bits per heavy atom. The van der Waals surface area contributed by atoms with Gasteiger partial charge in [-0.15, -0.1) is 0 Å². The number of aromatic nitrogens is 2. The number of hydrogen-bond donors (Lipinski definition) is 1. The summed E-state index contributed by atoms with van der Waals surface area (Å²) in [5.41, 5.74) is -0.251. The summed E-state index contributed by atoms with van der Waals surface area (Å²) in [5, 5.41) is 2.93. The van der Waals surface area contributed by atoms with Crippen molar-refractivity contribution in [2.24, 2.45) is 0 Å². The molecular weight excluding hydrogens is 669 g/mol. The van der Waals surface area contributed by atoms with E-state index in [1.165, 1.54) is 32.5 Å². The van der Waals surface area contributed by atoms with Crippen LogP contribution in [-0.4, -0.2) is 63.7 Å². The fourth-order valence-electron chi connectivity index (χ4n) is 6.16. The van der Waals surface area contributed by atoms with E-state index in [-0.39, 0.29) is 24.3 Å². The van der Waals surface area contributed by atoms with Gasteiger partial charge >= 0.3 is 6.18 Å². The molecule has 1 aliphatic carbocycles. The van der Waals surface area contributed by atoms with Crippen molar-refractivity contribution >= 4 is 21.5 Å². The fourth-order valence-corrected chi connectivity index (χ4v) is 7.59. The first-order chi connectivity index (χ1) is 23.2. The fraction of sp³-hybridized carbons (Fsp3) is 0.353. The third-order valence-electron chi connectivity index (χ3n) is 8.73. The maximum atomic E-state index is 15.8. The van der Waals surface area contributed by atoms with E-state index in [9.17, 15) is 21.6 Å². The van der Waals surface area contributed by atoms with Gasteiger partial charge in [-0.3, -0.25) is 0 Å². The summed E-state index contributed by atoms with van der Waals surface area (Å²) >= 11 is 0. The normalized spacial score (nSPS) is 18.3. The first kappa shape index (κ1) is 35.8. The minimum absolute atomic E-state index is 0.0396. The van der Waals surface area contributed by atoms with E-state index < -0.39 is 50.0 Å². The number of anilines is 2. The van der Waals surface area contributed by atoms with Crippen molar-refractivity contribution in [3.8, 4) is 11.5 Å². The lowest BCUT2D eigenvalue weighted by atomic mass is 9.78. The molecular formula is C34H36F5N5O4S. The highest BCUT2D eigenvalue weighted by Gasteiger charge is 2.36. The van der Waals surface area contributed by atoms with Crippen molar-refractivity contribution in [2.75, 3.05) is 37.9 Å². The van der Waals surface area contributed by atoms with E-state index in [0.717, 1.165) is 34.9 Å². The third kappa shape index (κ3) is 7.88. The lowest BCUT2D eigenvalue weighted by molar-refractivity contribution is -0.137. The van der Waals surface area contributed by atoms with Crippen molar-refractivity contribution in [2.45, 2.75) is 54.9 Å². The molecule has 0 bridgehead atoms. The van der Waals surface area contributed by atoms with Gasteiger partial charge in [0.15, 0.2) is 11.6 Å². The number of likely N-dealkylation sites (N-methyl/N-ethyl adjacent to an activating group) is 1. The Bertz CT molecular complexity index is 1860. The van der Waals surface area contributed by atoms with Crippen molar-refractivity contribution in [1.29, 1.82) is 0 Å². The average molecular weight is 706 g/mol. The van der Waals surface area contributed by atoms with Crippen molar-refractivity contribution in [1.82, 2.24) is 14.9 Å². The molecule has 1 fully saturated rings. The van der Waals surface area contributed by atoms with Gasteiger partial charge in [0.1, 0.15) is 29.3 Å². The lowest BCUT2D eigenvalue weighted by Crippen LogP contribution is -2.47. The number of halogens is 5. The van der Waals surface area contributed by atoms with Crippen molar-refractivity contribution < 1.29 is 39.8 Å². The number of ether oxygens (including phenoxy) is 2. The molecule has 4 aromatic rings. The first-order valence-electron chi connectivity index (χ1n) is 15.3. The second-order valence-electron chi connectivity index (χ2n) is 11.9. The van der Waals surface area contributed by atoms with Crippen LogP contribution in [-0.2, 0) is 22.7 Å². The minimum Gasteiger partial charge on any atom is -0.497 e. The molecule has 15 heteroatoms. The highest BCUT2D eigenvalue weighted by Crippen LogP contribution is 2.39. The first-order valence-corrected chi connectivity index (χ1v) is 16.8. The Balaban J connectivity index is 1.42. The summed E-state index contributed by atoms with van der Waals surface area (Å²) in [6, 6.07) is 12.1. The Labute approximate surface area is 281 Å². The van der Waals surface area contributed by atoms with E-state index in [2.05, 4.69) is 15.3 Å². The number of sulfonamides is 1. The number of methoxy groups -OCH3 is 2. The van der Waals surface area contributed by atoms with Crippen LogP contribution in [0.25, 0.3) is 0 Å². The lowest BCUT2D eigenvalue weighted by Gasteiger charge is -2.41. The molecule has 1 saturated carbocycles. The van der Waals surface area contributed by atoms with Crippen LogP contribution in [0.15, 0.2) is 78.1 Å². The van der Waals surface area contributed by atoms with Crippen LogP contribution >= 0.6 is 0 Å². The Morgan fingerprint density at radius 1 is 0.959 bits per heavy atom. The van der Waals surface area contributed by atoms with Gasteiger partial charge in [0.25, 0.3) is 10.0 Å². The second-order valence-corrected chi connectivity index (χ2v) is 13.8. The zero-order valence-corrected chi connectivity index (χ0v) is 28.0. The van der Waals surface area contributed by atoms with Gasteiger partial charge in [-0.25, -0.2) is 31.5 Å². The van der Waals surface area contributed by atoms with Crippen LogP contribution in [0.5, 0.6) is 11.5 Å². The topological polar surface area (TPSA) is 96.9 Å². The molecule has 1 heterocycles. The smallest absolute Gasteiger partial charge is 0.416 e. The molecule has 1 aromatic heterocycles. The van der Waals surface area contributed by atoms with E-state index in [4.69, 9.17) is 9.47 Å². The number of rotatable bonds is 11. The van der Waals surface area contributed by atoms with Gasteiger partial charge in [-0.05, 0) is 75.2 Å². The molecule has 3 atom stereocenters. The number of hydrogen-bond acceptors (Lipinski definition) is 8. The molecule has 0 saturated heterocycles. The molecule has 5 rings (SSSR count). The monoisotopic (exact) mass is 705 g/mol. The van der Waals surface area contributed by atoms with Crippen LogP contribution in [0.1, 0.15) is 41.9 Å². The van der Waals surface area contributed by atoms with E-state index in [1.54, 1.807) is 38.4 Å². The van der Waals surface area contributed by atoms with E-state index in [0.29, 0.717) is 41.9 Å². The quantitative estimate of drug-likeness (QED) is 0.169. The average Bonchev–Trinajstić information content (AvgIpc) is 3.08. The van der Waals surface area contributed by atoms with Crippen molar-refractivity contribution in [3.05, 3.63) is 102 Å². The van der Waals surface area contributed by atoms with Crippen LogP contribution in [0, 0.1) is 11.6 Å². The molecule has 0 aliphatic heterocycles. The van der Waals surface area contributed by atoms with Crippen LogP contribution < -0.4 is 19.1 Å². The molecule has 49 heavy (non-hydrogen) atoms. The van der Waals surface area contributed by atoms with Gasteiger partial charge < -0.3 is 19.7 Å². The molecule has 262 valence electrons. The number of nitrogens with zero attached hydrogens (tertiary/aromatic N) is 4. The molecule has 0 spiro atoms. The highest BCUT2D eigenvalue weighted by atomic mass is 32.2. The number of benzene rings is 3. The zero-order valence-electron chi connectivity index (χ0n) is 27.2. The predicted octanol–water partition coefficient (Wildman–Crippen LogP) is 6.86. The zero-order chi connectivity index (χ0) is 35.5. The standard InChI is InChI=1S/C34H36F5N5O4S/c1-43(2)30-15-22(21-6-5-7-24(14-21)34(37,38)39)9-11-29(30)42-33-27(35)17-26(18-28(33)36)49(45,46)44(32-12-13-40-20-41-32)19-23-8-10-25(47-3)16-31(23)48-4/h5-8,10,12-14,16-18,20,22,29-30,42H,9,11,15,19H2,1-4H3/t22-,29-,30-/m0/s1. The van der Waals surface area contributed by atoms with Gasteiger partial charge in [0.2, 0.25) is 0 Å². The highest BCUT2D eigenvalue weighted by molar-refractivity contribution is 7.92. The number of nitrogens with one attached hydrogen (secondary N) is 1. The summed E-state index contributed by atoms with van der Waals surface area (Å²) < 4.78 is 111. The summed E-state index contributed by atoms with van der Waals surface area (Å²) in [7, 11) is 1.86. The van der Waals surface area contributed by atoms with Gasteiger partial charge in [-0.2, -0.15) is 13.2 Å². The predicted molar refractivity (Wildman–Crippen MR) is 174 cm³/mol. The summed E-state index contributed by atoms with van der Waals surface area (Å²) in [6.07, 6.45) is -0.674. The maximum absolute atomic E-state index is 15.8. The third-order valence-corrected chi connectivity index (χ3v) is 10.5. The van der Waals surface area contributed by atoms with Crippen LogP contribution in [0.2, 0.25) is 0 Å². The Kier molecular flexibility index (Phi) is 10.6. The van der Waals surface area contributed by atoms with E-state index >= 15 is 8.78 Å². The molecule has 0 amide bonds. The second kappa shape index (κ2) is 14.5. The van der Waals surface area contributed by atoms with Gasteiger partial charge in [-0.1, -0.05) is 18.2 Å². The molecule has 1 aliphatic rings. The molecule has 0 radical (unpaired) electrons. The van der Waals surface area contributed by atoms with E-state index in [1.807, 2.05) is 4.90 Å². The largest absolute Gasteiger partial charge is 0.497 e.